The van der Waals surface area contributed by atoms with Crippen molar-refractivity contribution in [3.05, 3.63) is 71.8 Å². The fourth-order valence-corrected chi connectivity index (χ4v) is 3.32. The molecule has 2 aromatic rings. The number of rotatable bonds is 7. The lowest BCUT2D eigenvalue weighted by atomic mass is 9.98. The van der Waals surface area contributed by atoms with E-state index >= 15 is 0 Å². The normalized spacial score (nSPS) is 22.0. The molecule has 0 bridgehead atoms. The Hall–Kier alpha value is -1.60. The molecule has 21 heavy (non-hydrogen) atoms. The third-order valence-corrected chi connectivity index (χ3v) is 4.54. The summed E-state index contributed by atoms with van der Waals surface area (Å²) in [6, 6.07) is 22.5. The van der Waals surface area contributed by atoms with Crippen molar-refractivity contribution in [2.75, 3.05) is 6.54 Å². The third kappa shape index (κ3) is 3.74. The summed E-state index contributed by atoms with van der Waals surface area (Å²) in [5.41, 5.74) is 2.96. The third-order valence-electron chi connectivity index (χ3n) is 4.54. The van der Waals surface area contributed by atoms with Crippen LogP contribution >= 0.6 is 0 Å². The van der Waals surface area contributed by atoms with Crippen LogP contribution in [0, 0.1) is 5.92 Å². The van der Waals surface area contributed by atoms with E-state index in [-0.39, 0.29) is 0 Å². The van der Waals surface area contributed by atoms with E-state index in [9.17, 15) is 0 Å². The Labute approximate surface area is 128 Å². The lowest BCUT2D eigenvalue weighted by molar-refractivity contribution is 0.452. The first-order valence-corrected chi connectivity index (χ1v) is 8.20. The van der Waals surface area contributed by atoms with Crippen molar-refractivity contribution >= 4 is 0 Å². The summed E-state index contributed by atoms with van der Waals surface area (Å²) in [5.74, 6) is 1.54. The van der Waals surface area contributed by atoms with Gasteiger partial charge in [0.05, 0.1) is 0 Å². The van der Waals surface area contributed by atoms with Crippen LogP contribution in [-0.2, 0) is 6.42 Å². The lowest BCUT2D eigenvalue weighted by Crippen LogP contribution is -2.34. The van der Waals surface area contributed by atoms with Crippen molar-refractivity contribution in [3.63, 3.8) is 0 Å². The van der Waals surface area contributed by atoms with E-state index in [1.807, 2.05) is 0 Å². The maximum atomic E-state index is 3.78. The van der Waals surface area contributed by atoms with Gasteiger partial charge >= 0.3 is 0 Å². The van der Waals surface area contributed by atoms with Gasteiger partial charge in [0.2, 0.25) is 0 Å². The van der Waals surface area contributed by atoms with Gasteiger partial charge in [-0.3, -0.25) is 0 Å². The highest BCUT2D eigenvalue weighted by molar-refractivity contribution is 5.27. The average Bonchev–Trinajstić information content (AvgIpc) is 3.34. The Morgan fingerprint density at radius 2 is 1.67 bits per heavy atom. The molecular weight excluding hydrogens is 254 g/mol. The topological polar surface area (TPSA) is 12.0 Å². The van der Waals surface area contributed by atoms with E-state index in [0.717, 1.165) is 24.8 Å². The molecule has 2 aromatic carbocycles. The molecule has 0 spiro atoms. The van der Waals surface area contributed by atoms with Crippen LogP contribution in [0.4, 0.5) is 0 Å². The van der Waals surface area contributed by atoms with Crippen LogP contribution in [0.3, 0.4) is 0 Å². The average molecular weight is 279 g/mol. The summed E-state index contributed by atoms with van der Waals surface area (Å²) >= 11 is 0. The molecule has 0 aromatic heterocycles. The second-order valence-electron chi connectivity index (χ2n) is 6.17. The molecule has 1 heteroatoms. The molecule has 0 aliphatic heterocycles. The monoisotopic (exact) mass is 279 g/mol. The summed E-state index contributed by atoms with van der Waals surface area (Å²) < 4.78 is 0. The molecule has 1 saturated carbocycles. The summed E-state index contributed by atoms with van der Waals surface area (Å²) in [6.07, 6.45) is 3.68. The Balaban J connectivity index is 1.66. The molecule has 3 unspecified atom stereocenters. The molecule has 0 amide bonds. The van der Waals surface area contributed by atoms with Gasteiger partial charge < -0.3 is 5.32 Å². The summed E-state index contributed by atoms with van der Waals surface area (Å²) in [5, 5.41) is 3.78. The first kappa shape index (κ1) is 14.3. The highest BCUT2D eigenvalue weighted by Gasteiger charge is 2.43. The van der Waals surface area contributed by atoms with Crippen LogP contribution in [0.25, 0.3) is 0 Å². The van der Waals surface area contributed by atoms with Gasteiger partial charge in [-0.2, -0.15) is 0 Å². The van der Waals surface area contributed by atoms with Crippen molar-refractivity contribution < 1.29 is 0 Å². The van der Waals surface area contributed by atoms with Gasteiger partial charge in [0.15, 0.2) is 0 Å². The van der Waals surface area contributed by atoms with Crippen molar-refractivity contribution in [2.45, 2.75) is 38.1 Å². The number of nitrogens with one attached hydrogen (secondary N) is 1. The maximum absolute atomic E-state index is 3.78. The van der Waals surface area contributed by atoms with Crippen molar-refractivity contribution in [1.29, 1.82) is 0 Å². The quantitative estimate of drug-likeness (QED) is 0.792. The van der Waals surface area contributed by atoms with Gasteiger partial charge in [-0.25, -0.2) is 0 Å². The van der Waals surface area contributed by atoms with E-state index < -0.39 is 0 Å². The first-order chi connectivity index (χ1) is 10.4. The second kappa shape index (κ2) is 6.91. The molecule has 0 heterocycles. The first-order valence-electron chi connectivity index (χ1n) is 8.20. The summed E-state index contributed by atoms with van der Waals surface area (Å²) in [7, 11) is 0. The molecule has 110 valence electrons. The fourth-order valence-electron chi connectivity index (χ4n) is 3.32. The number of benzene rings is 2. The molecule has 3 atom stereocenters. The van der Waals surface area contributed by atoms with E-state index in [1.54, 1.807) is 0 Å². The van der Waals surface area contributed by atoms with E-state index in [4.69, 9.17) is 0 Å². The van der Waals surface area contributed by atoms with Crippen LogP contribution in [-0.4, -0.2) is 12.6 Å². The highest BCUT2D eigenvalue weighted by Crippen LogP contribution is 2.50. The lowest BCUT2D eigenvalue weighted by Gasteiger charge is -2.19. The van der Waals surface area contributed by atoms with Crippen molar-refractivity contribution in [2.24, 2.45) is 5.92 Å². The Kier molecular flexibility index (Phi) is 4.72. The molecule has 3 rings (SSSR count). The minimum absolute atomic E-state index is 0.609. The predicted octanol–water partition coefficient (Wildman–Crippen LogP) is 4.40. The van der Waals surface area contributed by atoms with Crippen LogP contribution in [0.1, 0.15) is 36.8 Å². The molecule has 1 aliphatic rings. The highest BCUT2D eigenvalue weighted by atomic mass is 14.9. The molecule has 0 saturated heterocycles. The van der Waals surface area contributed by atoms with Gasteiger partial charge in [0, 0.05) is 6.04 Å². The largest absolute Gasteiger partial charge is 0.313 e. The van der Waals surface area contributed by atoms with Crippen molar-refractivity contribution in [3.8, 4) is 0 Å². The van der Waals surface area contributed by atoms with Gasteiger partial charge in [-0.1, -0.05) is 67.6 Å². The van der Waals surface area contributed by atoms with Crippen LogP contribution in [0.5, 0.6) is 0 Å². The van der Waals surface area contributed by atoms with Crippen LogP contribution < -0.4 is 5.32 Å². The van der Waals surface area contributed by atoms with E-state index in [0.29, 0.717) is 6.04 Å². The molecular formula is C20H25N. The Morgan fingerprint density at radius 1 is 1.00 bits per heavy atom. The number of hydrogen-bond donors (Lipinski definition) is 1. The maximum Gasteiger partial charge on any atom is 0.0142 e. The molecule has 0 radical (unpaired) electrons. The molecule has 1 nitrogen and oxygen atoms in total. The predicted molar refractivity (Wildman–Crippen MR) is 89.5 cm³/mol. The van der Waals surface area contributed by atoms with Gasteiger partial charge in [-0.05, 0) is 48.8 Å². The summed E-state index contributed by atoms with van der Waals surface area (Å²) in [6.45, 7) is 3.36. The molecule has 1 fully saturated rings. The minimum atomic E-state index is 0.609. The Morgan fingerprint density at radius 3 is 2.33 bits per heavy atom. The van der Waals surface area contributed by atoms with Gasteiger partial charge in [0.1, 0.15) is 0 Å². The van der Waals surface area contributed by atoms with E-state index in [1.165, 1.54) is 24.0 Å². The zero-order chi connectivity index (χ0) is 14.5. The molecule has 1 aliphatic carbocycles. The molecule has 1 N–H and O–H groups in total. The minimum Gasteiger partial charge on any atom is -0.313 e. The zero-order valence-electron chi connectivity index (χ0n) is 12.8. The van der Waals surface area contributed by atoms with Gasteiger partial charge in [-0.15, -0.1) is 0 Å². The van der Waals surface area contributed by atoms with Crippen LogP contribution in [0.2, 0.25) is 0 Å². The van der Waals surface area contributed by atoms with E-state index in [2.05, 4.69) is 72.9 Å². The fraction of sp³-hybridized carbons (Fsp3) is 0.400. The van der Waals surface area contributed by atoms with Crippen LogP contribution in [0.15, 0.2) is 60.7 Å². The van der Waals surface area contributed by atoms with Crippen molar-refractivity contribution in [1.82, 2.24) is 5.32 Å². The SMILES string of the molecule is CCCNC(Cc1ccccc1)C1CC1c1ccccc1. The van der Waals surface area contributed by atoms with Gasteiger partial charge in [0.25, 0.3) is 0 Å². The zero-order valence-corrected chi connectivity index (χ0v) is 12.8. The number of hydrogen-bond acceptors (Lipinski definition) is 1. The summed E-state index contributed by atoms with van der Waals surface area (Å²) in [4.78, 5) is 0. The Bertz CT molecular complexity index is 534. The standard InChI is InChI=1S/C20H25N/c1-2-13-21-20(14-16-9-5-3-6-10-16)19-15-18(19)17-11-7-4-8-12-17/h3-12,18-21H,2,13-15H2,1H3. The smallest absolute Gasteiger partial charge is 0.0142 e. The second-order valence-corrected chi connectivity index (χ2v) is 6.17.